The molecule has 0 spiro atoms. The van der Waals surface area contributed by atoms with E-state index in [0.29, 0.717) is 0 Å². The third kappa shape index (κ3) is 6.34. The first-order valence-electron chi connectivity index (χ1n) is 6.47. The lowest BCUT2D eigenvalue weighted by Gasteiger charge is -2.36. The number of esters is 1. The first-order valence-corrected chi connectivity index (χ1v) is 10.3. The van der Waals surface area contributed by atoms with Gasteiger partial charge in [-0.1, -0.05) is 36.7 Å². The van der Waals surface area contributed by atoms with Crippen LogP contribution in [0.3, 0.4) is 0 Å². The third-order valence-corrected chi connectivity index (χ3v) is 8.95. The Morgan fingerprint density at radius 3 is 2.28 bits per heavy atom. The Morgan fingerprint density at radius 1 is 1.28 bits per heavy atom. The van der Waals surface area contributed by atoms with E-state index in [0.717, 1.165) is 25.9 Å². The summed E-state index contributed by atoms with van der Waals surface area (Å²) in [5.74, 6) is -0.194. The van der Waals surface area contributed by atoms with Crippen molar-refractivity contribution in [3.63, 3.8) is 0 Å². The van der Waals surface area contributed by atoms with Gasteiger partial charge in [-0.15, -0.1) is 0 Å². The van der Waals surface area contributed by atoms with Crippen molar-refractivity contribution in [3.8, 4) is 0 Å². The van der Waals surface area contributed by atoms with Gasteiger partial charge in [0, 0.05) is 6.61 Å². The molecule has 0 N–H and O–H groups in total. The number of carbonyl (C=O) groups excluding carboxylic acids is 1. The van der Waals surface area contributed by atoms with Crippen molar-refractivity contribution in [2.75, 3.05) is 13.7 Å². The number of unbranched alkanes of at least 4 members (excludes halogenated alkanes) is 1. The lowest BCUT2D eigenvalue weighted by atomic mass is 10.2. The standard InChI is InChI=1S/C13H27BrO3Si/c1-13(2,3)18(5,6)17-10-8-7-9-11(14)12(15)16-4/h11H,7-10H2,1-6H3. The second kappa shape index (κ2) is 7.65. The second-order valence-corrected chi connectivity index (χ2v) is 12.0. The summed E-state index contributed by atoms with van der Waals surface area (Å²) in [6.45, 7) is 12.0. The molecule has 0 aromatic heterocycles. The maximum atomic E-state index is 11.2. The number of halogens is 1. The first-order chi connectivity index (χ1) is 8.12. The predicted molar refractivity (Wildman–Crippen MR) is 81.7 cm³/mol. The molecule has 0 aliphatic rings. The first kappa shape index (κ1) is 18.1. The molecule has 5 heteroatoms. The SMILES string of the molecule is COC(=O)C(Br)CCCCO[Si](C)(C)C(C)(C)C. The molecule has 3 nitrogen and oxygen atoms in total. The molecule has 0 saturated carbocycles. The fraction of sp³-hybridized carbons (Fsp3) is 0.923. The van der Waals surface area contributed by atoms with Gasteiger partial charge in [0.1, 0.15) is 4.83 Å². The van der Waals surface area contributed by atoms with E-state index in [2.05, 4.69) is 54.5 Å². The molecule has 0 aliphatic heterocycles. The van der Waals surface area contributed by atoms with Crippen molar-refractivity contribution in [2.45, 2.75) is 63.0 Å². The van der Waals surface area contributed by atoms with Crippen molar-refractivity contribution in [2.24, 2.45) is 0 Å². The quantitative estimate of drug-likeness (QED) is 0.303. The molecule has 108 valence electrons. The summed E-state index contributed by atoms with van der Waals surface area (Å²) in [5, 5.41) is 0.261. The van der Waals surface area contributed by atoms with Crippen LogP contribution >= 0.6 is 15.9 Å². The van der Waals surface area contributed by atoms with Crippen LogP contribution in [0.15, 0.2) is 0 Å². The number of methoxy groups -OCH3 is 1. The highest BCUT2D eigenvalue weighted by Gasteiger charge is 2.36. The van der Waals surface area contributed by atoms with Crippen LogP contribution in [-0.4, -0.2) is 32.8 Å². The molecule has 0 heterocycles. The second-order valence-electron chi connectivity index (χ2n) is 6.10. The van der Waals surface area contributed by atoms with E-state index in [4.69, 9.17) is 4.43 Å². The van der Waals surface area contributed by atoms with Gasteiger partial charge >= 0.3 is 5.97 Å². The van der Waals surface area contributed by atoms with Crippen LogP contribution in [0.1, 0.15) is 40.0 Å². The minimum absolute atomic E-state index is 0.185. The molecular formula is C13H27BrO3Si. The summed E-state index contributed by atoms with van der Waals surface area (Å²) in [7, 11) is -0.200. The van der Waals surface area contributed by atoms with Gasteiger partial charge in [-0.05, 0) is 37.4 Å². The van der Waals surface area contributed by atoms with Gasteiger partial charge in [0.25, 0.3) is 0 Å². The number of hydrogen-bond acceptors (Lipinski definition) is 3. The van der Waals surface area contributed by atoms with E-state index in [1.165, 1.54) is 7.11 Å². The zero-order chi connectivity index (χ0) is 14.4. The van der Waals surface area contributed by atoms with E-state index in [1.807, 2.05) is 0 Å². The monoisotopic (exact) mass is 338 g/mol. The van der Waals surface area contributed by atoms with Gasteiger partial charge < -0.3 is 9.16 Å². The van der Waals surface area contributed by atoms with E-state index in [9.17, 15) is 4.79 Å². The van der Waals surface area contributed by atoms with Crippen LogP contribution in [0, 0.1) is 0 Å². The summed E-state index contributed by atoms with van der Waals surface area (Å²) in [4.78, 5) is 11.0. The van der Waals surface area contributed by atoms with Gasteiger partial charge in [0.15, 0.2) is 8.32 Å². The molecule has 0 aromatic carbocycles. The molecule has 0 fully saturated rings. The fourth-order valence-corrected chi connectivity index (χ4v) is 2.81. The minimum Gasteiger partial charge on any atom is -0.468 e. The van der Waals surface area contributed by atoms with Crippen LogP contribution in [-0.2, 0) is 14.0 Å². The average molecular weight is 339 g/mol. The lowest BCUT2D eigenvalue weighted by Crippen LogP contribution is -2.40. The molecule has 0 aliphatic carbocycles. The van der Waals surface area contributed by atoms with Gasteiger partial charge in [-0.3, -0.25) is 4.79 Å². The molecule has 0 radical (unpaired) electrons. The molecule has 0 aromatic rings. The number of alkyl halides is 1. The van der Waals surface area contributed by atoms with Crippen LogP contribution in [0.4, 0.5) is 0 Å². The Kier molecular flexibility index (Phi) is 7.71. The molecule has 18 heavy (non-hydrogen) atoms. The highest BCUT2D eigenvalue weighted by atomic mass is 79.9. The highest BCUT2D eigenvalue weighted by molar-refractivity contribution is 9.10. The molecule has 0 amide bonds. The number of ether oxygens (including phenoxy) is 1. The summed E-state index contributed by atoms with van der Waals surface area (Å²) >= 11 is 3.32. The molecule has 1 unspecified atom stereocenters. The third-order valence-electron chi connectivity index (χ3n) is 3.58. The Balaban J connectivity index is 3.79. The van der Waals surface area contributed by atoms with E-state index in [-0.39, 0.29) is 15.8 Å². The van der Waals surface area contributed by atoms with Crippen molar-refractivity contribution in [1.82, 2.24) is 0 Å². The average Bonchev–Trinajstić information content (AvgIpc) is 2.25. The Hall–Kier alpha value is 0.127. The van der Waals surface area contributed by atoms with Crippen molar-refractivity contribution in [1.29, 1.82) is 0 Å². The number of hydrogen-bond donors (Lipinski definition) is 0. The van der Waals surface area contributed by atoms with Gasteiger partial charge in [0.05, 0.1) is 7.11 Å². The zero-order valence-corrected chi connectivity index (χ0v) is 15.1. The molecule has 0 rings (SSSR count). The maximum Gasteiger partial charge on any atom is 0.319 e. The summed E-state index contributed by atoms with van der Waals surface area (Å²) in [5.41, 5.74) is 0. The summed E-state index contributed by atoms with van der Waals surface area (Å²) < 4.78 is 10.7. The summed E-state index contributed by atoms with van der Waals surface area (Å²) in [6, 6.07) is 0. The Labute approximate surface area is 121 Å². The lowest BCUT2D eigenvalue weighted by molar-refractivity contribution is -0.139. The minimum atomic E-state index is -1.61. The molecular weight excluding hydrogens is 312 g/mol. The Bertz CT molecular complexity index is 261. The largest absolute Gasteiger partial charge is 0.468 e. The van der Waals surface area contributed by atoms with Crippen molar-refractivity contribution >= 4 is 30.2 Å². The number of rotatable bonds is 7. The van der Waals surface area contributed by atoms with Crippen LogP contribution in [0.5, 0.6) is 0 Å². The predicted octanol–water partition coefficient (Wildman–Crippen LogP) is 4.12. The topological polar surface area (TPSA) is 35.5 Å². The molecule has 1 atom stereocenters. The van der Waals surface area contributed by atoms with Gasteiger partial charge in [-0.25, -0.2) is 0 Å². The van der Waals surface area contributed by atoms with Crippen molar-refractivity contribution < 1.29 is 14.0 Å². The highest BCUT2D eigenvalue weighted by Crippen LogP contribution is 2.36. The number of carbonyl (C=O) groups is 1. The Morgan fingerprint density at radius 2 is 1.83 bits per heavy atom. The van der Waals surface area contributed by atoms with Crippen molar-refractivity contribution in [3.05, 3.63) is 0 Å². The fourth-order valence-electron chi connectivity index (χ4n) is 1.22. The van der Waals surface area contributed by atoms with Gasteiger partial charge in [0.2, 0.25) is 0 Å². The maximum absolute atomic E-state index is 11.2. The van der Waals surface area contributed by atoms with Crippen LogP contribution in [0.25, 0.3) is 0 Å². The smallest absolute Gasteiger partial charge is 0.319 e. The van der Waals surface area contributed by atoms with E-state index < -0.39 is 8.32 Å². The molecule has 0 bridgehead atoms. The van der Waals surface area contributed by atoms with E-state index >= 15 is 0 Å². The zero-order valence-electron chi connectivity index (χ0n) is 12.5. The normalized spacial score (nSPS) is 14.4. The van der Waals surface area contributed by atoms with Crippen LogP contribution < -0.4 is 0 Å². The summed E-state index contributed by atoms with van der Waals surface area (Å²) in [6.07, 6.45) is 2.76. The van der Waals surface area contributed by atoms with E-state index in [1.54, 1.807) is 0 Å². The molecule has 0 saturated heterocycles. The van der Waals surface area contributed by atoms with Gasteiger partial charge in [-0.2, -0.15) is 0 Å². The van der Waals surface area contributed by atoms with Crippen LogP contribution in [0.2, 0.25) is 18.1 Å².